The Morgan fingerprint density at radius 3 is 2.70 bits per heavy atom. The van der Waals surface area contributed by atoms with Gasteiger partial charge < -0.3 is 20.8 Å². The quantitative estimate of drug-likeness (QED) is 0.691. The van der Waals surface area contributed by atoms with E-state index < -0.39 is 0 Å². The minimum Gasteiger partial charge on any atom is -0.468 e. The summed E-state index contributed by atoms with van der Waals surface area (Å²) < 4.78 is 5.70. The minimum atomic E-state index is 0. The summed E-state index contributed by atoms with van der Waals surface area (Å²) >= 11 is 0. The van der Waals surface area contributed by atoms with Gasteiger partial charge in [-0.1, -0.05) is 0 Å². The Balaban J connectivity index is 0.00000131. The van der Waals surface area contributed by atoms with Gasteiger partial charge in [0.05, 0.1) is 18.0 Å². The first-order chi connectivity index (χ1) is 12.3. The third-order valence-electron chi connectivity index (χ3n) is 5.12. The number of nitrogens with zero attached hydrogens (tertiary/aromatic N) is 3. The lowest BCUT2D eigenvalue weighted by molar-refractivity contribution is 0.225. The van der Waals surface area contributed by atoms with E-state index in [4.69, 9.17) is 10.2 Å². The standard InChI is InChI=1S/C18H26N6O.2ClH/c19-18-22-14-6-8-20-7-5-13(14)17(23-18)21-12-15(16-4-3-11-25-16)24-9-1-2-10-24;;/h3-4,11,15,20H,1-2,5-10,12H2,(H3,19,21,22,23);2*1H. The van der Waals surface area contributed by atoms with Crippen molar-refractivity contribution in [1.82, 2.24) is 20.2 Å². The Morgan fingerprint density at radius 2 is 1.96 bits per heavy atom. The number of nitrogens with two attached hydrogens (primary N) is 1. The smallest absolute Gasteiger partial charge is 0.222 e. The second-order valence-corrected chi connectivity index (χ2v) is 6.76. The number of rotatable bonds is 5. The fourth-order valence-electron chi connectivity index (χ4n) is 3.85. The molecule has 2 aromatic heterocycles. The number of aromatic nitrogens is 2. The van der Waals surface area contributed by atoms with Crippen LogP contribution in [0.15, 0.2) is 22.8 Å². The van der Waals surface area contributed by atoms with E-state index in [0.29, 0.717) is 5.95 Å². The highest BCUT2D eigenvalue weighted by atomic mass is 35.5. The number of hydrogen-bond acceptors (Lipinski definition) is 7. The molecule has 1 fully saturated rings. The number of halogens is 2. The Kier molecular flexibility index (Phi) is 8.16. The van der Waals surface area contributed by atoms with Crippen LogP contribution >= 0.6 is 24.8 Å². The molecular formula is C18H28Cl2N6O. The summed E-state index contributed by atoms with van der Waals surface area (Å²) in [4.78, 5) is 11.4. The zero-order chi connectivity index (χ0) is 17.1. The molecule has 150 valence electrons. The van der Waals surface area contributed by atoms with Crippen LogP contribution in [0.2, 0.25) is 0 Å². The van der Waals surface area contributed by atoms with Crippen molar-refractivity contribution in [2.45, 2.75) is 31.7 Å². The molecule has 0 aromatic carbocycles. The third-order valence-corrected chi connectivity index (χ3v) is 5.12. The highest BCUT2D eigenvalue weighted by molar-refractivity contribution is 5.85. The fraction of sp³-hybridized carbons (Fsp3) is 0.556. The zero-order valence-corrected chi connectivity index (χ0v) is 17.0. The van der Waals surface area contributed by atoms with Crippen molar-refractivity contribution >= 4 is 36.6 Å². The normalized spacial score (nSPS) is 17.9. The second-order valence-electron chi connectivity index (χ2n) is 6.76. The van der Waals surface area contributed by atoms with Crippen LogP contribution in [-0.2, 0) is 12.8 Å². The van der Waals surface area contributed by atoms with Gasteiger partial charge >= 0.3 is 0 Å². The van der Waals surface area contributed by atoms with Crippen molar-refractivity contribution in [2.75, 3.05) is 43.8 Å². The predicted octanol–water partition coefficient (Wildman–Crippen LogP) is 2.43. The molecule has 1 unspecified atom stereocenters. The first-order valence-corrected chi connectivity index (χ1v) is 9.18. The lowest BCUT2D eigenvalue weighted by atomic mass is 10.1. The highest BCUT2D eigenvalue weighted by Gasteiger charge is 2.26. The van der Waals surface area contributed by atoms with Crippen molar-refractivity contribution in [2.24, 2.45) is 0 Å². The fourth-order valence-corrected chi connectivity index (χ4v) is 3.85. The van der Waals surface area contributed by atoms with E-state index in [9.17, 15) is 0 Å². The van der Waals surface area contributed by atoms with Gasteiger partial charge in [0, 0.05) is 25.1 Å². The van der Waals surface area contributed by atoms with Crippen LogP contribution in [-0.4, -0.2) is 47.6 Å². The van der Waals surface area contributed by atoms with Gasteiger partial charge in [0.2, 0.25) is 5.95 Å². The van der Waals surface area contributed by atoms with Crippen molar-refractivity contribution in [3.05, 3.63) is 35.4 Å². The van der Waals surface area contributed by atoms with Crippen LogP contribution in [0.4, 0.5) is 11.8 Å². The molecule has 1 saturated heterocycles. The van der Waals surface area contributed by atoms with Crippen LogP contribution < -0.4 is 16.4 Å². The topological polar surface area (TPSA) is 92.2 Å². The molecule has 7 nitrogen and oxygen atoms in total. The Labute approximate surface area is 172 Å². The van der Waals surface area contributed by atoms with Gasteiger partial charge in [-0.25, -0.2) is 4.98 Å². The number of nitrogens with one attached hydrogen (secondary N) is 2. The maximum atomic E-state index is 5.95. The van der Waals surface area contributed by atoms with E-state index in [2.05, 4.69) is 31.6 Å². The van der Waals surface area contributed by atoms with Crippen LogP contribution in [0.3, 0.4) is 0 Å². The van der Waals surface area contributed by atoms with Gasteiger partial charge in [-0.2, -0.15) is 4.98 Å². The molecule has 0 aliphatic carbocycles. The molecule has 27 heavy (non-hydrogen) atoms. The van der Waals surface area contributed by atoms with E-state index >= 15 is 0 Å². The average Bonchev–Trinajstić information content (AvgIpc) is 3.27. The second kappa shape index (κ2) is 10.1. The lowest BCUT2D eigenvalue weighted by Gasteiger charge is -2.26. The lowest BCUT2D eigenvalue weighted by Crippen LogP contribution is -2.31. The minimum absolute atomic E-state index is 0. The molecule has 0 amide bonds. The number of nitrogen functional groups attached to an aromatic ring is 1. The molecule has 0 saturated carbocycles. The molecular weight excluding hydrogens is 387 g/mol. The number of anilines is 2. The van der Waals surface area contributed by atoms with Crippen LogP contribution in [0, 0.1) is 0 Å². The van der Waals surface area contributed by atoms with Crippen LogP contribution in [0.25, 0.3) is 0 Å². The largest absolute Gasteiger partial charge is 0.468 e. The van der Waals surface area contributed by atoms with Gasteiger partial charge in [-0.15, -0.1) is 24.8 Å². The van der Waals surface area contributed by atoms with E-state index in [1.165, 1.54) is 18.4 Å². The Morgan fingerprint density at radius 1 is 1.19 bits per heavy atom. The number of furan rings is 1. The average molecular weight is 415 g/mol. The molecule has 1 atom stereocenters. The molecule has 4 N–H and O–H groups in total. The van der Waals surface area contributed by atoms with Crippen molar-refractivity contribution in [1.29, 1.82) is 0 Å². The van der Waals surface area contributed by atoms with Crippen molar-refractivity contribution in [3.63, 3.8) is 0 Å². The summed E-state index contributed by atoms with van der Waals surface area (Å²) in [7, 11) is 0. The summed E-state index contributed by atoms with van der Waals surface area (Å²) in [5, 5.41) is 6.96. The van der Waals surface area contributed by atoms with E-state index in [1.807, 2.05) is 6.07 Å². The highest BCUT2D eigenvalue weighted by Crippen LogP contribution is 2.27. The predicted molar refractivity (Wildman–Crippen MR) is 112 cm³/mol. The van der Waals surface area contributed by atoms with E-state index in [-0.39, 0.29) is 30.9 Å². The van der Waals surface area contributed by atoms with Crippen LogP contribution in [0.1, 0.15) is 35.9 Å². The van der Waals surface area contributed by atoms with Gasteiger partial charge in [0.25, 0.3) is 0 Å². The van der Waals surface area contributed by atoms with Gasteiger partial charge in [0.15, 0.2) is 0 Å². The summed E-state index contributed by atoms with van der Waals surface area (Å²) in [6.07, 6.45) is 6.06. The van der Waals surface area contributed by atoms with Crippen molar-refractivity contribution in [3.8, 4) is 0 Å². The van der Waals surface area contributed by atoms with Gasteiger partial charge in [-0.3, -0.25) is 4.90 Å². The van der Waals surface area contributed by atoms with Crippen molar-refractivity contribution < 1.29 is 4.42 Å². The summed E-state index contributed by atoms with van der Waals surface area (Å²) in [5.41, 5.74) is 8.20. The molecule has 2 aromatic rings. The molecule has 4 heterocycles. The van der Waals surface area contributed by atoms with Gasteiger partial charge in [-0.05, 0) is 51.0 Å². The van der Waals surface area contributed by atoms with E-state index in [0.717, 1.165) is 62.8 Å². The molecule has 9 heteroatoms. The van der Waals surface area contributed by atoms with Gasteiger partial charge in [0.1, 0.15) is 11.6 Å². The molecule has 2 aliphatic rings. The number of hydrogen-bond donors (Lipinski definition) is 3. The molecule has 0 spiro atoms. The molecule has 0 radical (unpaired) electrons. The third kappa shape index (κ3) is 5.04. The Bertz CT molecular complexity index is 706. The first-order valence-electron chi connectivity index (χ1n) is 9.18. The van der Waals surface area contributed by atoms with Crippen LogP contribution in [0.5, 0.6) is 0 Å². The monoisotopic (exact) mass is 414 g/mol. The molecule has 0 bridgehead atoms. The molecule has 2 aliphatic heterocycles. The summed E-state index contributed by atoms with van der Waals surface area (Å²) in [6.45, 7) is 4.86. The SMILES string of the molecule is Cl.Cl.Nc1nc2c(c(NCC(c3ccco3)N3CCCC3)n1)CCNCC2. The summed E-state index contributed by atoms with van der Waals surface area (Å²) in [5.74, 6) is 2.23. The number of fused-ring (bicyclic) bond motifs is 1. The van der Waals surface area contributed by atoms with E-state index in [1.54, 1.807) is 6.26 Å². The summed E-state index contributed by atoms with van der Waals surface area (Å²) in [6, 6.07) is 4.23. The zero-order valence-electron chi connectivity index (χ0n) is 15.3. The molecule has 4 rings (SSSR count). The Hall–Kier alpha value is -1.54. The maximum Gasteiger partial charge on any atom is 0.222 e. The number of likely N-dealkylation sites (tertiary alicyclic amines) is 1. The maximum absolute atomic E-state index is 5.95. The first kappa shape index (κ1) is 21.8.